The van der Waals surface area contributed by atoms with Crippen LogP contribution in [0.4, 0.5) is 0 Å². The minimum atomic E-state index is 0.530. The van der Waals surface area contributed by atoms with Gasteiger partial charge in [-0.25, -0.2) is 9.97 Å². The number of hydrogen-bond donors (Lipinski definition) is 0. The van der Waals surface area contributed by atoms with Crippen LogP contribution in [0.25, 0.3) is 77.6 Å². The van der Waals surface area contributed by atoms with Crippen molar-refractivity contribution >= 4 is 43.7 Å². The highest BCUT2D eigenvalue weighted by atomic mass is 15.2. The molecule has 7 heteroatoms. The SMILES string of the molecule is N#Cc1ccc2c(c1)c1cc(C#N)ccc1n2-c1cc(-c2ccccc2-c2ccccc2C#N)cc(-n2c3ccccc3c3cccnc32)n1. The first-order valence-electron chi connectivity index (χ1n) is 16.0. The van der Waals surface area contributed by atoms with Crippen LogP contribution in [0.5, 0.6) is 0 Å². The molecule has 0 bridgehead atoms. The van der Waals surface area contributed by atoms with Crippen LogP contribution in [0.15, 0.2) is 140 Å². The topological polar surface area (TPSA) is 107 Å². The Bertz CT molecular complexity index is 2850. The summed E-state index contributed by atoms with van der Waals surface area (Å²) in [6.45, 7) is 0. The van der Waals surface area contributed by atoms with Gasteiger partial charge in [0.2, 0.25) is 0 Å². The van der Waals surface area contributed by atoms with E-state index in [1.165, 1.54) is 0 Å². The zero-order valence-electron chi connectivity index (χ0n) is 26.4. The van der Waals surface area contributed by atoms with Crippen LogP contribution in [-0.2, 0) is 0 Å². The molecule has 7 nitrogen and oxygen atoms in total. The zero-order chi connectivity index (χ0) is 33.8. The lowest BCUT2D eigenvalue weighted by atomic mass is 9.92. The number of benzene rings is 5. The Morgan fingerprint density at radius 3 is 1.74 bits per heavy atom. The number of nitriles is 3. The lowest BCUT2D eigenvalue weighted by Crippen LogP contribution is -2.05. The third-order valence-electron chi connectivity index (χ3n) is 9.29. The van der Waals surface area contributed by atoms with E-state index in [1.54, 1.807) is 18.3 Å². The molecule has 0 atom stereocenters. The second-order valence-corrected chi connectivity index (χ2v) is 12.0. The zero-order valence-corrected chi connectivity index (χ0v) is 26.4. The first-order chi connectivity index (χ1) is 24.7. The summed E-state index contributed by atoms with van der Waals surface area (Å²) in [5, 5.41) is 33.4. The lowest BCUT2D eigenvalue weighted by Gasteiger charge is -2.16. The molecule has 0 saturated heterocycles. The van der Waals surface area contributed by atoms with E-state index < -0.39 is 0 Å². The highest BCUT2D eigenvalue weighted by molar-refractivity contribution is 6.10. The maximum Gasteiger partial charge on any atom is 0.146 e. The molecule has 4 aromatic heterocycles. The first-order valence-corrected chi connectivity index (χ1v) is 16.0. The van der Waals surface area contributed by atoms with E-state index in [2.05, 4.69) is 63.7 Å². The lowest BCUT2D eigenvalue weighted by molar-refractivity contribution is 1.00. The summed E-state index contributed by atoms with van der Waals surface area (Å²) in [5.74, 6) is 1.32. The van der Waals surface area contributed by atoms with Gasteiger partial charge in [-0.15, -0.1) is 0 Å². The molecule has 0 unspecified atom stereocenters. The average molecular weight is 638 g/mol. The van der Waals surface area contributed by atoms with Crippen molar-refractivity contribution in [1.82, 2.24) is 19.1 Å². The minimum absolute atomic E-state index is 0.530. The molecule has 0 saturated carbocycles. The van der Waals surface area contributed by atoms with Crippen LogP contribution >= 0.6 is 0 Å². The molecule has 0 fully saturated rings. The van der Waals surface area contributed by atoms with Gasteiger partial charge in [0.15, 0.2) is 0 Å². The molecule has 0 aliphatic carbocycles. The third-order valence-corrected chi connectivity index (χ3v) is 9.29. The Hall–Kier alpha value is -7.53. The van der Waals surface area contributed by atoms with E-state index in [1.807, 2.05) is 84.9 Å². The smallest absolute Gasteiger partial charge is 0.146 e. The fourth-order valence-corrected chi connectivity index (χ4v) is 7.11. The maximum absolute atomic E-state index is 10.0. The molecule has 4 heterocycles. The van der Waals surface area contributed by atoms with Gasteiger partial charge in [-0.3, -0.25) is 9.13 Å². The number of aromatic nitrogens is 4. The van der Waals surface area contributed by atoms with Gasteiger partial charge in [-0.1, -0.05) is 60.7 Å². The summed E-state index contributed by atoms with van der Waals surface area (Å²) in [6.07, 6.45) is 1.79. The maximum atomic E-state index is 10.0. The molecule has 5 aromatic carbocycles. The van der Waals surface area contributed by atoms with Gasteiger partial charge in [0.05, 0.1) is 51.4 Å². The number of pyridine rings is 2. The molecule has 0 amide bonds. The minimum Gasteiger partial charge on any atom is -0.294 e. The molecule has 0 radical (unpaired) electrons. The van der Waals surface area contributed by atoms with Crippen molar-refractivity contribution in [3.63, 3.8) is 0 Å². The summed E-state index contributed by atoms with van der Waals surface area (Å²) in [7, 11) is 0. The van der Waals surface area contributed by atoms with Crippen LogP contribution in [0.3, 0.4) is 0 Å². The van der Waals surface area contributed by atoms with Crippen LogP contribution in [0.2, 0.25) is 0 Å². The molecule has 9 rings (SSSR count). The van der Waals surface area contributed by atoms with Crippen molar-refractivity contribution in [2.45, 2.75) is 0 Å². The van der Waals surface area contributed by atoms with Crippen molar-refractivity contribution < 1.29 is 0 Å². The molecule has 230 valence electrons. The second kappa shape index (κ2) is 11.3. The molecule has 0 aliphatic rings. The monoisotopic (exact) mass is 637 g/mol. The highest BCUT2D eigenvalue weighted by Gasteiger charge is 2.21. The second-order valence-electron chi connectivity index (χ2n) is 12.0. The van der Waals surface area contributed by atoms with Gasteiger partial charge in [-0.2, -0.15) is 15.8 Å². The van der Waals surface area contributed by atoms with E-state index in [0.29, 0.717) is 28.3 Å². The summed E-state index contributed by atoms with van der Waals surface area (Å²) in [5.41, 5.74) is 8.71. The third kappa shape index (κ3) is 4.34. The number of para-hydroxylation sites is 1. The first kappa shape index (κ1) is 28.7. The van der Waals surface area contributed by atoms with Crippen molar-refractivity contribution in [2.24, 2.45) is 0 Å². The van der Waals surface area contributed by atoms with Crippen molar-refractivity contribution in [1.29, 1.82) is 15.8 Å². The molecule has 0 aliphatic heterocycles. The fourth-order valence-electron chi connectivity index (χ4n) is 7.11. The van der Waals surface area contributed by atoms with Crippen LogP contribution in [0.1, 0.15) is 16.7 Å². The van der Waals surface area contributed by atoms with Crippen LogP contribution < -0.4 is 0 Å². The van der Waals surface area contributed by atoms with Gasteiger partial charge in [0.1, 0.15) is 17.3 Å². The summed E-state index contributed by atoms with van der Waals surface area (Å²) in [6, 6.07) is 50.2. The number of hydrogen-bond acceptors (Lipinski definition) is 5. The van der Waals surface area contributed by atoms with Crippen molar-refractivity contribution in [3.8, 4) is 52.1 Å². The molecular formula is C43H23N7. The standard InChI is InChI=1S/C43H23N7/c44-24-27-15-17-39-36(20-27)37-21-28(25-45)16-18-40(37)49(39)41-22-30(32-10-3-4-11-33(32)31-9-2-1-8-29(31)26-46)23-42(48-41)50-38-14-6-5-12-34(38)35-13-7-19-47-43(35)50/h1-23H. The Morgan fingerprint density at radius 2 is 1.04 bits per heavy atom. The molecule has 50 heavy (non-hydrogen) atoms. The summed E-state index contributed by atoms with van der Waals surface area (Å²) >= 11 is 0. The largest absolute Gasteiger partial charge is 0.294 e. The molecule has 0 N–H and O–H groups in total. The summed E-state index contributed by atoms with van der Waals surface area (Å²) < 4.78 is 4.19. The Morgan fingerprint density at radius 1 is 0.460 bits per heavy atom. The van der Waals surface area contributed by atoms with Crippen LogP contribution in [0, 0.1) is 34.0 Å². The highest BCUT2D eigenvalue weighted by Crippen LogP contribution is 2.39. The predicted molar refractivity (Wildman–Crippen MR) is 196 cm³/mol. The Kier molecular flexibility index (Phi) is 6.49. The van der Waals surface area contributed by atoms with Gasteiger partial charge < -0.3 is 0 Å². The number of fused-ring (bicyclic) bond motifs is 6. The quantitative estimate of drug-likeness (QED) is 0.191. The van der Waals surface area contributed by atoms with E-state index in [9.17, 15) is 15.8 Å². The van der Waals surface area contributed by atoms with E-state index in [4.69, 9.17) is 9.97 Å². The van der Waals surface area contributed by atoms with Gasteiger partial charge in [0.25, 0.3) is 0 Å². The Labute approximate surface area is 286 Å². The molecule has 0 spiro atoms. The van der Waals surface area contributed by atoms with Gasteiger partial charge >= 0.3 is 0 Å². The molecular weight excluding hydrogens is 615 g/mol. The van der Waals surface area contributed by atoms with Crippen molar-refractivity contribution in [3.05, 3.63) is 156 Å². The fraction of sp³-hybridized carbons (Fsp3) is 0. The Balaban J connectivity index is 1.42. The van der Waals surface area contributed by atoms with E-state index >= 15 is 0 Å². The van der Waals surface area contributed by atoms with Gasteiger partial charge in [-0.05, 0) is 89.5 Å². The number of nitrogens with zero attached hydrogens (tertiary/aromatic N) is 7. The van der Waals surface area contributed by atoms with E-state index in [0.717, 1.165) is 66.0 Å². The van der Waals surface area contributed by atoms with Crippen LogP contribution in [-0.4, -0.2) is 19.1 Å². The van der Waals surface area contributed by atoms with Crippen molar-refractivity contribution in [2.75, 3.05) is 0 Å². The predicted octanol–water partition coefficient (Wildman–Crippen LogP) is 9.62. The van der Waals surface area contributed by atoms with E-state index in [-0.39, 0.29) is 0 Å². The average Bonchev–Trinajstić information content (AvgIpc) is 3.69. The molecule has 9 aromatic rings. The normalized spacial score (nSPS) is 11.1. The van der Waals surface area contributed by atoms with Gasteiger partial charge in [0, 0.05) is 33.3 Å². The number of rotatable bonds is 4. The summed E-state index contributed by atoms with van der Waals surface area (Å²) in [4.78, 5) is 10.2.